The SMILES string of the molecule is O=C(Nc1ccc(F)c(Cl)c1)c1ccc(CF)c(S(=O)(=O)N2CCCC(O)CCC2)c1. The molecule has 0 radical (unpaired) electrons. The minimum atomic E-state index is -4.04. The van der Waals surface area contributed by atoms with Gasteiger partial charge in [0.2, 0.25) is 10.0 Å². The van der Waals surface area contributed by atoms with E-state index in [1.54, 1.807) is 0 Å². The van der Waals surface area contributed by atoms with Crippen LogP contribution in [0.1, 0.15) is 41.6 Å². The Morgan fingerprint density at radius 3 is 2.45 bits per heavy atom. The maximum absolute atomic E-state index is 13.6. The van der Waals surface area contributed by atoms with Gasteiger partial charge in [-0.05, 0) is 56.0 Å². The molecule has 1 fully saturated rings. The zero-order valence-electron chi connectivity index (χ0n) is 16.7. The number of aliphatic hydroxyl groups excluding tert-OH is 1. The molecule has 0 bridgehead atoms. The van der Waals surface area contributed by atoms with Gasteiger partial charge >= 0.3 is 0 Å². The number of aliphatic hydroxyl groups is 1. The number of halogens is 3. The van der Waals surface area contributed by atoms with Crippen LogP contribution in [0.2, 0.25) is 5.02 Å². The molecule has 3 rings (SSSR count). The van der Waals surface area contributed by atoms with Gasteiger partial charge in [-0.1, -0.05) is 17.7 Å². The molecule has 1 aliphatic rings. The van der Waals surface area contributed by atoms with Crippen molar-refractivity contribution in [3.63, 3.8) is 0 Å². The normalized spacial score (nSPS) is 16.5. The number of rotatable bonds is 5. The first-order chi connectivity index (χ1) is 14.7. The minimum Gasteiger partial charge on any atom is -0.393 e. The van der Waals surface area contributed by atoms with Crippen LogP contribution >= 0.6 is 11.6 Å². The van der Waals surface area contributed by atoms with Crippen molar-refractivity contribution in [3.05, 3.63) is 58.4 Å². The third kappa shape index (κ3) is 5.60. The van der Waals surface area contributed by atoms with Crippen molar-refractivity contribution < 1.29 is 27.1 Å². The molecule has 0 saturated carbocycles. The molecule has 1 heterocycles. The molecule has 2 aromatic carbocycles. The summed E-state index contributed by atoms with van der Waals surface area (Å²) in [5.41, 5.74) is 0.208. The van der Waals surface area contributed by atoms with Crippen molar-refractivity contribution >= 4 is 33.2 Å². The number of sulfonamides is 1. The Balaban J connectivity index is 1.88. The highest BCUT2D eigenvalue weighted by atomic mass is 35.5. The number of nitrogens with one attached hydrogen (secondary N) is 1. The molecule has 2 aromatic rings. The van der Waals surface area contributed by atoms with E-state index in [1.165, 1.54) is 28.6 Å². The Hall–Kier alpha value is -2.07. The predicted octanol–water partition coefficient (Wildman–Crippen LogP) is 4.13. The average molecular weight is 473 g/mol. The number of amides is 1. The number of alkyl halides is 1. The highest BCUT2D eigenvalue weighted by Gasteiger charge is 2.29. The Kier molecular flexibility index (Phi) is 7.64. The third-order valence-electron chi connectivity index (χ3n) is 5.16. The summed E-state index contributed by atoms with van der Waals surface area (Å²) in [6, 6.07) is 7.40. The van der Waals surface area contributed by atoms with Gasteiger partial charge in [-0.25, -0.2) is 17.2 Å². The van der Waals surface area contributed by atoms with E-state index in [4.69, 9.17) is 11.6 Å². The maximum Gasteiger partial charge on any atom is 0.255 e. The monoisotopic (exact) mass is 472 g/mol. The van der Waals surface area contributed by atoms with E-state index < -0.39 is 34.5 Å². The Morgan fingerprint density at radius 2 is 1.84 bits per heavy atom. The first-order valence-electron chi connectivity index (χ1n) is 9.86. The van der Waals surface area contributed by atoms with Crippen LogP contribution in [0.5, 0.6) is 0 Å². The molecule has 1 amide bonds. The standard InChI is InChI=1S/C21H23ClF2N2O4S/c22-18-12-16(7-8-19(18)24)25-21(28)14-5-6-15(13-23)20(11-14)31(29,30)26-9-1-3-17(27)4-2-10-26/h5-8,11-12,17,27H,1-4,9-10,13H2,(H,25,28). The minimum absolute atomic E-state index is 0.0127. The van der Waals surface area contributed by atoms with Crippen molar-refractivity contribution in [2.24, 2.45) is 0 Å². The highest BCUT2D eigenvalue weighted by Crippen LogP contribution is 2.26. The topological polar surface area (TPSA) is 86.7 Å². The average Bonchev–Trinajstić information content (AvgIpc) is 2.72. The lowest BCUT2D eigenvalue weighted by molar-refractivity contribution is 0.102. The molecule has 6 nitrogen and oxygen atoms in total. The van der Waals surface area contributed by atoms with Gasteiger partial charge in [0.15, 0.2) is 0 Å². The van der Waals surface area contributed by atoms with Crippen LogP contribution in [0.25, 0.3) is 0 Å². The second kappa shape index (κ2) is 10.0. The second-order valence-electron chi connectivity index (χ2n) is 7.38. The van der Waals surface area contributed by atoms with E-state index in [2.05, 4.69) is 5.32 Å². The van der Waals surface area contributed by atoms with E-state index in [1.807, 2.05) is 0 Å². The van der Waals surface area contributed by atoms with E-state index in [0.717, 1.165) is 12.1 Å². The van der Waals surface area contributed by atoms with Crippen molar-refractivity contribution in [2.45, 2.75) is 43.4 Å². The Bertz CT molecular complexity index is 1060. The van der Waals surface area contributed by atoms with Crippen LogP contribution in [0.4, 0.5) is 14.5 Å². The van der Waals surface area contributed by atoms with Crippen LogP contribution in [-0.2, 0) is 16.7 Å². The van der Waals surface area contributed by atoms with E-state index in [0.29, 0.717) is 25.7 Å². The molecular formula is C21H23ClF2N2O4S. The number of hydrogen-bond acceptors (Lipinski definition) is 4. The molecule has 0 aromatic heterocycles. The van der Waals surface area contributed by atoms with Gasteiger partial charge in [-0.3, -0.25) is 4.79 Å². The lowest BCUT2D eigenvalue weighted by Crippen LogP contribution is -2.36. The van der Waals surface area contributed by atoms with Gasteiger partial charge < -0.3 is 10.4 Å². The molecule has 31 heavy (non-hydrogen) atoms. The molecule has 1 saturated heterocycles. The molecule has 10 heteroatoms. The fourth-order valence-electron chi connectivity index (χ4n) is 3.47. The van der Waals surface area contributed by atoms with Gasteiger partial charge in [0.1, 0.15) is 12.5 Å². The fourth-order valence-corrected chi connectivity index (χ4v) is 5.39. The number of benzene rings is 2. The fraction of sp³-hybridized carbons (Fsp3) is 0.381. The summed E-state index contributed by atoms with van der Waals surface area (Å²) < 4.78 is 54.6. The Morgan fingerprint density at radius 1 is 1.16 bits per heavy atom. The predicted molar refractivity (Wildman–Crippen MR) is 114 cm³/mol. The summed E-state index contributed by atoms with van der Waals surface area (Å²) in [4.78, 5) is 12.4. The number of hydrogen-bond donors (Lipinski definition) is 2. The van der Waals surface area contributed by atoms with Gasteiger partial charge in [-0.2, -0.15) is 4.31 Å². The molecule has 0 atom stereocenters. The number of nitrogens with zero attached hydrogens (tertiary/aromatic N) is 1. The number of anilines is 1. The summed E-state index contributed by atoms with van der Waals surface area (Å²) >= 11 is 5.72. The third-order valence-corrected chi connectivity index (χ3v) is 7.43. The largest absolute Gasteiger partial charge is 0.393 e. The maximum atomic E-state index is 13.6. The van der Waals surface area contributed by atoms with Gasteiger partial charge in [-0.15, -0.1) is 0 Å². The molecule has 0 aliphatic carbocycles. The van der Waals surface area contributed by atoms with E-state index >= 15 is 0 Å². The molecule has 1 aliphatic heterocycles. The lowest BCUT2D eigenvalue weighted by Gasteiger charge is -2.26. The molecule has 0 unspecified atom stereocenters. The number of carbonyl (C=O) groups is 1. The highest BCUT2D eigenvalue weighted by molar-refractivity contribution is 7.89. The van der Waals surface area contributed by atoms with Crippen LogP contribution < -0.4 is 5.32 Å². The molecule has 0 spiro atoms. The van der Waals surface area contributed by atoms with Crippen LogP contribution in [0, 0.1) is 5.82 Å². The second-order valence-corrected chi connectivity index (χ2v) is 9.70. The van der Waals surface area contributed by atoms with Crippen molar-refractivity contribution in [1.29, 1.82) is 0 Å². The smallest absolute Gasteiger partial charge is 0.255 e. The van der Waals surface area contributed by atoms with Gasteiger partial charge in [0, 0.05) is 29.9 Å². The zero-order chi connectivity index (χ0) is 22.6. The van der Waals surface area contributed by atoms with Crippen LogP contribution in [0.15, 0.2) is 41.3 Å². The summed E-state index contributed by atoms with van der Waals surface area (Å²) in [7, 11) is -4.04. The Labute approximate surface area is 184 Å². The van der Waals surface area contributed by atoms with Crippen molar-refractivity contribution in [1.82, 2.24) is 4.31 Å². The number of carbonyl (C=O) groups excluding carboxylic acids is 1. The van der Waals surface area contributed by atoms with Crippen molar-refractivity contribution in [2.75, 3.05) is 18.4 Å². The summed E-state index contributed by atoms with van der Waals surface area (Å²) in [6.45, 7) is -0.595. The first kappa shape index (κ1) is 23.6. The molecule has 2 N–H and O–H groups in total. The van der Waals surface area contributed by atoms with Gasteiger partial charge in [0.05, 0.1) is 16.0 Å². The zero-order valence-corrected chi connectivity index (χ0v) is 18.2. The van der Waals surface area contributed by atoms with E-state index in [9.17, 15) is 27.1 Å². The van der Waals surface area contributed by atoms with Crippen LogP contribution in [-0.4, -0.2) is 42.9 Å². The van der Waals surface area contributed by atoms with Crippen LogP contribution in [0.3, 0.4) is 0 Å². The van der Waals surface area contributed by atoms with Crippen molar-refractivity contribution in [3.8, 4) is 0 Å². The quantitative estimate of drug-likeness (QED) is 0.685. The van der Waals surface area contributed by atoms with E-state index in [-0.39, 0.29) is 39.8 Å². The summed E-state index contributed by atoms with van der Waals surface area (Å²) in [5.74, 6) is -1.28. The first-order valence-corrected chi connectivity index (χ1v) is 11.7. The summed E-state index contributed by atoms with van der Waals surface area (Å²) in [6.07, 6.45) is 1.50. The molecular weight excluding hydrogens is 450 g/mol. The molecule has 168 valence electrons. The summed E-state index contributed by atoms with van der Waals surface area (Å²) in [5, 5.41) is 12.1. The van der Waals surface area contributed by atoms with Gasteiger partial charge in [0.25, 0.3) is 5.91 Å². The lowest BCUT2D eigenvalue weighted by atomic mass is 10.1.